The minimum atomic E-state index is -0.546. The second kappa shape index (κ2) is 10.7. The largest absolute Gasteiger partial charge is 0.497 e. The number of hydrogen-bond acceptors (Lipinski definition) is 5. The van der Waals surface area contributed by atoms with Gasteiger partial charge in [-0.15, -0.1) is 4.91 Å². The molecule has 1 amide bonds. The van der Waals surface area contributed by atoms with Gasteiger partial charge < -0.3 is 20.7 Å². The van der Waals surface area contributed by atoms with Crippen molar-refractivity contribution in [2.75, 3.05) is 17.7 Å². The Morgan fingerprint density at radius 1 is 1.13 bits per heavy atom. The highest BCUT2D eigenvalue weighted by Gasteiger charge is 2.22. The third kappa shape index (κ3) is 6.25. The number of thiocarbonyl (C=S) groups is 1. The predicted octanol–water partition coefficient (Wildman–Crippen LogP) is 5.05. The number of benzene rings is 2. The first kappa shape index (κ1) is 23.3. The Hall–Kier alpha value is -3.00. The van der Waals surface area contributed by atoms with Crippen LogP contribution in [-0.2, 0) is 4.79 Å². The number of ether oxygens (including phenoxy) is 1. The number of nitrogens with one attached hydrogen (secondary N) is 3. The molecule has 0 radical (unpaired) electrons. The smallest absolute Gasteiger partial charge is 0.246 e. The van der Waals surface area contributed by atoms with Gasteiger partial charge in [0.05, 0.1) is 12.8 Å². The Labute approximate surface area is 182 Å². The van der Waals surface area contributed by atoms with Crippen LogP contribution in [0.25, 0.3) is 0 Å². The van der Waals surface area contributed by atoms with Crippen LogP contribution in [0.15, 0.2) is 41.6 Å². The average Bonchev–Trinajstić information content (AvgIpc) is 2.70. The number of rotatable bonds is 8. The molecule has 2 rings (SSSR count). The number of nitroso groups, excluding NO2 is 1. The lowest BCUT2D eigenvalue weighted by Gasteiger charge is -2.23. The van der Waals surface area contributed by atoms with E-state index in [-0.39, 0.29) is 22.6 Å². The summed E-state index contributed by atoms with van der Waals surface area (Å²) in [4.78, 5) is 24.1. The van der Waals surface area contributed by atoms with E-state index in [2.05, 4.69) is 21.1 Å². The van der Waals surface area contributed by atoms with Crippen LogP contribution in [0.1, 0.15) is 31.4 Å². The monoisotopic (exact) mass is 428 g/mol. The van der Waals surface area contributed by atoms with Crippen molar-refractivity contribution in [3.63, 3.8) is 0 Å². The van der Waals surface area contributed by atoms with E-state index in [0.29, 0.717) is 17.9 Å². The summed E-state index contributed by atoms with van der Waals surface area (Å²) >= 11 is 5.39. The topological polar surface area (TPSA) is 91.8 Å². The van der Waals surface area contributed by atoms with Gasteiger partial charge in [-0.05, 0) is 66.8 Å². The maximum atomic E-state index is 13.0. The second-order valence-electron chi connectivity index (χ2n) is 7.51. The lowest BCUT2D eigenvalue weighted by Crippen LogP contribution is -2.46. The molecule has 3 N–H and O–H groups in total. The Morgan fingerprint density at radius 3 is 2.37 bits per heavy atom. The van der Waals surface area contributed by atoms with Crippen LogP contribution in [0.3, 0.4) is 0 Å². The molecular weight excluding hydrogens is 400 g/mol. The molecule has 0 fully saturated rings. The van der Waals surface area contributed by atoms with Crippen LogP contribution in [0.4, 0.5) is 17.1 Å². The minimum Gasteiger partial charge on any atom is -0.497 e. The number of hydrogen-bond donors (Lipinski definition) is 3. The molecule has 0 aliphatic carbocycles. The van der Waals surface area contributed by atoms with Gasteiger partial charge in [-0.25, -0.2) is 0 Å². The van der Waals surface area contributed by atoms with Crippen molar-refractivity contribution in [1.29, 1.82) is 0 Å². The molecule has 1 unspecified atom stereocenters. The number of anilines is 2. The Morgan fingerprint density at radius 2 is 1.80 bits per heavy atom. The third-order valence-corrected chi connectivity index (χ3v) is 4.83. The SMILES string of the molecule is COc1ccc(NC(=S)NC(CC(C)C)C(=O)Nc2c(C)cccc2C)c(N=O)c1. The fourth-order valence-corrected chi connectivity index (χ4v) is 3.31. The third-order valence-electron chi connectivity index (χ3n) is 4.61. The number of methoxy groups -OCH3 is 1. The molecule has 0 bridgehead atoms. The van der Waals surface area contributed by atoms with Gasteiger partial charge in [0.25, 0.3) is 0 Å². The number of carbonyl (C=O) groups excluding carboxylic acids is 1. The zero-order valence-electron chi connectivity index (χ0n) is 17.9. The van der Waals surface area contributed by atoms with Crippen LogP contribution < -0.4 is 20.7 Å². The van der Waals surface area contributed by atoms with Crippen molar-refractivity contribution in [3.8, 4) is 5.75 Å². The molecule has 160 valence electrons. The summed E-state index contributed by atoms with van der Waals surface area (Å²) in [6, 6.07) is 10.2. The fourth-order valence-electron chi connectivity index (χ4n) is 3.06. The van der Waals surface area contributed by atoms with Crippen LogP contribution in [0, 0.1) is 24.7 Å². The first-order chi connectivity index (χ1) is 14.2. The molecule has 0 saturated carbocycles. The van der Waals surface area contributed by atoms with E-state index < -0.39 is 6.04 Å². The lowest BCUT2D eigenvalue weighted by atomic mass is 10.0. The summed E-state index contributed by atoms with van der Waals surface area (Å²) < 4.78 is 5.10. The Balaban J connectivity index is 2.15. The highest BCUT2D eigenvalue weighted by molar-refractivity contribution is 7.80. The van der Waals surface area contributed by atoms with Gasteiger partial charge in [-0.1, -0.05) is 32.0 Å². The first-order valence-electron chi connectivity index (χ1n) is 9.71. The van der Waals surface area contributed by atoms with Crippen LogP contribution in [0.5, 0.6) is 5.75 Å². The van der Waals surface area contributed by atoms with Gasteiger partial charge in [0.1, 0.15) is 17.5 Å². The van der Waals surface area contributed by atoms with E-state index in [1.807, 2.05) is 45.9 Å². The van der Waals surface area contributed by atoms with Crippen molar-refractivity contribution in [3.05, 3.63) is 52.4 Å². The molecule has 2 aromatic rings. The molecular formula is C22H28N4O3S. The van der Waals surface area contributed by atoms with Gasteiger partial charge in [-0.2, -0.15) is 0 Å². The molecule has 0 spiro atoms. The highest BCUT2D eigenvalue weighted by Crippen LogP contribution is 2.29. The van der Waals surface area contributed by atoms with Crippen molar-refractivity contribution >= 4 is 40.3 Å². The molecule has 0 saturated heterocycles. The van der Waals surface area contributed by atoms with E-state index in [0.717, 1.165) is 16.8 Å². The van der Waals surface area contributed by atoms with Crippen LogP contribution in [-0.4, -0.2) is 24.2 Å². The minimum absolute atomic E-state index is 0.166. The number of aryl methyl sites for hydroxylation is 2. The van der Waals surface area contributed by atoms with E-state index in [1.54, 1.807) is 12.1 Å². The molecule has 0 aromatic heterocycles. The Bertz CT molecular complexity index is 910. The number of para-hydroxylation sites is 1. The van der Waals surface area contributed by atoms with E-state index in [4.69, 9.17) is 17.0 Å². The molecule has 0 aliphatic rings. The van der Waals surface area contributed by atoms with Crippen molar-refractivity contribution in [1.82, 2.24) is 5.32 Å². The number of amides is 1. The standard InChI is InChI=1S/C22H28N4O3S/c1-13(2)11-19(21(27)25-20-14(3)7-6-8-15(20)4)24-22(30)23-17-10-9-16(29-5)12-18(17)26-28/h6-10,12-13,19H,11H2,1-5H3,(H,25,27)(H2,23,24,30). The molecule has 2 aromatic carbocycles. The molecule has 30 heavy (non-hydrogen) atoms. The normalized spacial score (nSPS) is 11.5. The maximum Gasteiger partial charge on any atom is 0.246 e. The molecule has 0 heterocycles. The zero-order chi connectivity index (χ0) is 22.3. The quantitative estimate of drug-likeness (QED) is 0.403. The fraction of sp³-hybridized carbons (Fsp3) is 0.364. The second-order valence-corrected chi connectivity index (χ2v) is 7.92. The van der Waals surface area contributed by atoms with Gasteiger partial charge >= 0.3 is 0 Å². The highest BCUT2D eigenvalue weighted by atomic mass is 32.1. The summed E-state index contributed by atoms with van der Waals surface area (Å²) in [7, 11) is 1.51. The summed E-state index contributed by atoms with van der Waals surface area (Å²) in [5, 5.41) is 12.3. The first-order valence-corrected chi connectivity index (χ1v) is 10.1. The van der Waals surface area contributed by atoms with E-state index in [9.17, 15) is 9.70 Å². The predicted molar refractivity (Wildman–Crippen MR) is 126 cm³/mol. The zero-order valence-corrected chi connectivity index (χ0v) is 18.7. The van der Waals surface area contributed by atoms with Gasteiger partial charge in [0, 0.05) is 11.8 Å². The molecule has 8 heteroatoms. The summed E-state index contributed by atoms with van der Waals surface area (Å²) in [6.45, 7) is 7.99. The van der Waals surface area contributed by atoms with E-state index >= 15 is 0 Å². The van der Waals surface area contributed by atoms with Gasteiger partial charge in [-0.3, -0.25) is 4.79 Å². The van der Waals surface area contributed by atoms with Crippen LogP contribution >= 0.6 is 12.2 Å². The summed E-state index contributed by atoms with van der Waals surface area (Å²) in [5.74, 6) is 0.607. The van der Waals surface area contributed by atoms with Gasteiger partial charge in [0.15, 0.2) is 5.11 Å². The molecule has 1 atom stereocenters. The molecule has 0 aliphatic heterocycles. The Kier molecular flexibility index (Phi) is 8.29. The summed E-state index contributed by atoms with van der Waals surface area (Å²) in [6.07, 6.45) is 0.583. The van der Waals surface area contributed by atoms with Gasteiger partial charge in [0.2, 0.25) is 5.91 Å². The van der Waals surface area contributed by atoms with Crippen LogP contribution in [0.2, 0.25) is 0 Å². The number of nitrogens with zero attached hydrogens (tertiary/aromatic N) is 1. The lowest BCUT2D eigenvalue weighted by molar-refractivity contribution is -0.118. The number of carbonyl (C=O) groups is 1. The van der Waals surface area contributed by atoms with E-state index in [1.165, 1.54) is 13.2 Å². The summed E-state index contributed by atoms with van der Waals surface area (Å²) in [5.41, 5.74) is 3.39. The maximum absolute atomic E-state index is 13.0. The molecule has 7 nitrogen and oxygen atoms in total. The average molecular weight is 429 g/mol. The van der Waals surface area contributed by atoms with Crippen molar-refractivity contribution in [2.24, 2.45) is 11.1 Å². The van der Waals surface area contributed by atoms with Crippen molar-refractivity contribution in [2.45, 2.75) is 40.2 Å². The van der Waals surface area contributed by atoms with Crippen molar-refractivity contribution < 1.29 is 9.53 Å².